The third-order valence-corrected chi connectivity index (χ3v) is 5.44. The zero-order chi connectivity index (χ0) is 18.2. The molecule has 1 aliphatic carbocycles. The molecule has 3 aromatic rings. The van der Waals surface area contributed by atoms with Crippen LogP contribution in [0.5, 0.6) is 5.88 Å². The van der Waals surface area contributed by atoms with Crippen molar-refractivity contribution >= 4 is 22.3 Å². The van der Waals surface area contributed by atoms with Crippen LogP contribution in [0.1, 0.15) is 37.4 Å². The number of aromatic nitrogens is 2. The van der Waals surface area contributed by atoms with Crippen LogP contribution >= 0.6 is 0 Å². The molecule has 2 atom stereocenters. The maximum atomic E-state index is 6.21. The second-order valence-electron chi connectivity index (χ2n) is 7.51. The van der Waals surface area contributed by atoms with Gasteiger partial charge in [-0.3, -0.25) is 9.98 Å². The summed E-state index contributed by atoms with van der Waals surface area (Å²) < 4.78 is 6.21. The van der Waals surface area contributed by atoms with Crippen molar-refractivity contribution in [3.05, 3.63) is 60.0 Å². The monoisotopic (exact) mass is 358 g/mol. The van der Waals surface area contributed by atoms with Gasteiger partial charge in [-0.1, -0.05) is 13.0 Å². The summed E-state index contributed by atoms with van der Waals surface area (Å²) in [5.74, 6) is 2.31. The van der Waals surface area contributed by atoms with E-state index >= 15 is 0 Å². The number of aliphatic imine (C=N–C) groups is 1. The van der Waals surface area contributed by atoms with Crippen LogP contribution < -0.4 is 10.1 Å². The van der Waals surface area contributed by atoms with Gasteiger partial charge in [-0.25, -0.2) is 4.98 Å². The lowest BCUT2D eigenvalue weighted by atomic mass is 10.1. The Labute approximate surface area is 158 Å². The number of nitrogens with one attached hydrogen (secondary N) is 1. The number of rotatable bonds is 3. The Bertz CT molecular complexity index is 1030. The third kappa shape index (κ3) is 3.14. The molecule has 3 heterocycles. The molecule has 0 saturated heterocycles. The Morgan fingerprint density at radius 3 is 2.93 bits per heavy atom. The van der Waals surface area contributed by atoms with E-state index in [1.165, 1.54) is 6.42 Å². The predicted molar refractivity (Wildman–Crippen MR) is 107 cm³/mol. The van der Waals surface area contributed by atoms with Gasteiger partial charge < -0.3 is 10.1 Å². The lowest BCUT2D eigenvalue weighted by Crippen LogP contribution is -2.13. The Morgan fingerprint density at radius 1 is 1.07 bits per heavy atom. The van der Waals surface area contributed by atoms with Crippen LogP contribution in [0.4, 0.5) is 5.69 Å². The van der Waals surface area contributed by atoms with E-state index in [4.69, 9.17) is 4.74 Å². The maximum Gasteiger partial charge on any atom is 0.221 e. The molecule has 1 saturated carbocycles. The lowest BCUT2D eigenvalue weighted by Gasteiger charge is -2.15. The van der Waals surface area contributed by atoms with E-state index in [0.717, 1.165) is 58.2 Å². The van der Waals surface area contributed by atoms with Crippen LogP contribution in [0.2, 0.25) is 0 Å². The first-order chi connectivity index (χ1) is 13.3. The van der Waals surface area contributed by atoms with Crippen LogP contribution in [0.25, 0.3) is 10.8 Å². The second kappa shape index (κ2) is 6.65. The van der Waals surface area contributed by atoms with Crippen molar-refractivity contribution < 1.29 is 4.74 Å². The Kier molecular flexibility index (Phi) is 4.00. The number of amidine groups is 1. The van der Waals surface area contributed by atoms with E-state index in [2.05, 4.69) is 51.5 Å². The molecule has 5 heteroatoms. The number of anilines is 1. The van der Waals surface area contributed by atoms with Gasteiger partial charge in [0.2, 0.25) is 5.88 Å². The summed E-state index contributed by atoms with van der Waals surface area (Å²) in [5, 5.41) is 5.57. The highest BCUT2D eigenvalue weighted by molar-refractivity contribution is 6.10. The van der Waals surface area contributed by atoms with Crippen molar-refractivity contribution in [1.82, 2.24) is 9.97 Å². The number of nitrogens with zero attached hydrogens (tertiary/aromatic N) is 3. The van der Waals surface area contributed by atoms with E-state index in [-0.39, 0.29) is 6.10 Å². The highest BCUT2D eigenvalue weighted by atomic mass is 16.5. The van der Waals surface area contributed by atoms with E-state index in [1.54, 1.807) is 6.20 Å². The summed E-state index contributed by atoms with van der Waals surface area (Å²) in [6.07, 6.45) is 7.38. The molecule has 0 amide bonds. The number of ether oxygens (including phenoxy) is 1. The molecule has 5 nitrogen and oxygen atoms in total. The first-order valence-electron chi connectivity index (χ1n) is 9.57. The van der Waals surface area contributed by atoms with Crippen molar-refractivity contribution in [2.75, 3.05) is 5.32 Å². The first-order valence-corrected chi connectivity index (χ1v) is 9.57. The molecular formula is C22H22N4O. The number of hydrogen-bond donors (Lipinski definition) is 1. The summed E-state index contributed by atoms with van der Waals surface area (Å²) >= 11 is 0. The minimum Gasteiger partial charge on any atom is -0.474 e. The number of hydrogen-bond acceptors (Lipinski definition) is 5. The van der Waals surface area contributed by atoms with Crippen LogP contribution in [-0.2, 0) is 6.54 Å². The Balaban J connectivity index is 1.40. The summed E-state index contributed by atoms with van der Waals surface area (Å²) in [6, 6.07) is 12.3. The standard InChI is InChI=1S/C22H22N4O/c1-14-4-6-18(11-14)27-22-19-7-5-17(12-15(19)8-10-24-22)26-21-20-16(13-25-21)3-2-9-23-20/h2-3,5,7-10,12,14,18H,4,6,11,13H2,1H3,(H,25,26)/t14-,18+/m0/s1. The van der Waals surface area contributed by atoms with Gasteiger partial charge in [-0.2, -0.15) is 0 Å². The number of pyridine rings is 2. The van der Waals surface area contributed by atoms with E-state index in [0.29, 0.717) is 6.54 Å². The van der Waals surface area contributed by atoms with Gasteiger partial charge >= 0.3 is 0 Å². The zero-order valence-electron chi connectivity index (χ0n) is 15.4. The first kappa shape index (κ1) is 16.2. The molecule has 0 radical (unpaired) electrons. The van der Waals surface area contributed by atoms with Crippen molar-refractivity contribution in [2.24, 2.45) is 10.9 Å². The van der Waals surface area contributed by atoms with Gasteiger partial charge in [0.25, 0.3) is 0 Å². The van der Waals surface area contributed by atoms with Gasteiger partial charge in [0.1, 0.15) is 11.8 Å². The SMILES string of the molecule is C[C@H]1CC[C@@H](Oc2nccc3cc(NC4=NCc5cccnc54)ccc23)C1. The second-order valence-corrected chi connectivity index (χ2v) is 7.51. The van der Waals surface area contributed by atoms with Crippen molar-refractivity contribution in [1.29, 1.82) is 0 Å². The summed E-state index contributed by atoms with van der Waals surface area (Å²) in [7, 11) is 0. The average molecular weight is 358 g/mol. The normalized spacial score (nSPS) is 21.1. The molecule has 1 aliphatic heterocycles. The molecule has 0 unspecified atom stereocenters. The highest BCUT2D eigenvalue weighted by Crippen LogP contribution is 2.32. The third-order valence-electron chi connectivity index (χ3n) is 5.44. The van der Waals surface area contributed by atoms with Crippen LogP contribution in [0, 0.1) is 5.92 Å². The van der Waals surface area contributed by atoms with Gasteiger partial charge in [-0.05, 0) is 60.9 Å². The predicted octanol–water partition coefficient (Wildman–Crippen LogP) is 4.57. The van der Waals surface area contributed by atoms with Gasteiger partial charge in [-0.15, -0.1) is 0 Å². The van der Waals surface area contributed by atoms with Crippen LogP contribution in [-0.4, -0.2) is 21.9 Å². The molecule has 136 valence electrons. The summed E-state index contributed by atoms with van der Waals surface area (Å²) in [6.45, 7) is 2.97. The van der Waals surface area contributed by atoms with E-state index < -0.39 is 0 Å². The highest BCUT2D eigenvalue weighted by Gasteiger charge is 2.24. The fourth-order valence-electron chi connectivity index (χ4n) is 4.00. The van der Waals surface area contributed by atoms with Crippen molar-refractivity contribution in [3.8, 4) is 5.88 Å². The molecule has 2 aliphatic rings. The van der Waals surface area contributed by atoms with E-state index in [9.17, 15) is 0 Å². The molecule has 0 spiro atoms. The topological polar surface area (TPSA) is 59.4 Å². The molecule has 0 bridgehead atoms. The molecule has 1 N–H and O–H groups in total. The minimum absolute atomic E-state index is 0.284. The van der Waals surface area contributed by atoms with Crippen LogP contribution in [0.3, 0.4) is 0 Å². The number of benzene rings is 1. The molecule has 1 fully saturated rings. The largest absolute Gasteiger partial charge is 0.474 e. The van der Waals surface area contributed by atoms with Crippen molar-refractivity contribution in [2.45, 2.75) is 38.8 Å². The van der Waals surface area contributed by atoms with E-state index in [1.807, 2.05) is 18.3 Å². The fraction of sp³-hybridized carbons (Fsp3) is 0.318. The number of fused-ring (bicyclic) bond motifs is 2. The molecule has 2 aromatic heterocycles. The molecule has 27 heavy (non-hydrogen) atoms. The van der Waals surface area contributed by atoms with Gasteiger partial charge in [0, 0.05) is 29.0 Å². The molecular weight excluding hydrogens is 336 g/mol. The zero-order valence-corrected chi connectivity index (χ0v) is 15.4. The maximum absolute atomic E-state index is 6.21. The summed E-state index contributed by atoms with van der Waals surface area (Å²) in [4.78, 5) is 13.5. The smallest absolute Gasteiger partial charge is 0.221 e. The van der Waals surface area contributed by atoms with Crippen molar-refractivity contribution in [3.63, 3.8) is 0 Å². The average Bonchev–Trinajstić information content (AvgIpc) is 3.28. The molecule has 5 rings (SSSR count). The summed E-state index contributed by atoms with van der Waals surface area (Å²) in [5.41, 5.74) is 3.09. The lowest BCUT2D eigenvalue weighted by molar-refractivity contribution is 0.200. The molecule has 1 aromatic carbocycles. The van der Waals surface area contributed by atoms with Crippen LogP contribution in [0.15, 0.2) is 53.8 Å². The Morgan fingerprint density at radius 2 is 2.04 bits per heavy atom. The quantitative estimate of drug-likeness (QED) is 0.745. The fourth-order valence-corrected chi connectivity index (χ4v) is 4.00. The van der Waals surface area contributed by atoms with Gasteiger partial charge in [0.15, 0.2) is 5.84 Å². The minimum atomic E-state index is 0.284. The van der Waals surface area contributed by atoms with Gasteiger partial charge in [0.05, 0.1) is 6.54 Å². The Hall–Kier alpha value is -2.95.